The fraction of sp³-hybridized carbons (Fsp3) is 0.571. The summed E-state index contributed by atoms with van der Waals surface area (Å²) in [5.74, 6) is 1.87. The zero-order chi connectivity index (χ0) is 13.1. The first-order valence-electron chi connectivity index (χ1n) is 6.30. The summed E-state index contributed by atoms with van der Waals surface area (Å²) in [5.41, 5.74) is 0.868. The van der Waals surface area contributed by atoms with Crippen molar-refractivity contribution in [3.63, 3.8) is 0 Å². The van der Waals surface area contributed by atoms with Gasteiger partial charge in [0.25, 0.3) is 0 Å². The minimum atomic E-state index is 0.252. The molecule has 0 spiro atoms. The third kappa shape index (κ3) is 3.46. The Kier molecular flexibility index (Phi) is 5.06. The molecule has 1 saturated carbocycles. The Morgan fingerprint density at radius 3 is 2.44 bits per heavy atom. The lowest BCUT2D eigenvalue weighted by atomic mass is 9.89. The fourth-order valence-electron chi connectivity index (χ4n) is 2.36. The van der Waals surface area contributed by atoms with Crippen LogP contribution >= 0.6 is 34.8 Å². The van der Waals surface area contributed by atoms with E-state index in [9.17, 15) is 0 Å². The standard InChI is InChI=1S/C14H17Cl3O/c1-9-2-4-12(5-3-9)18-14-10(8-15)6-11(16)7-13(14)17/h6-7,9,12H,2-5,8H2,1H3. The quantitative estimate of drug-likeness (QED) is 0.652. The van der Waals surface area contributed by atoms with Gasteiger partial charge in [0, 0.05) is 10.6 Å². The van der Waals surface area contributed by atoms with E-state index >= 15 is 0 Å². The summed E-state index contributed by atoms with van der Waals surface area (Å²) in [6, 6.07) is 3.53. The largest absolute Gasteiger partial charge is 0.489 e. The van der Waals surface area contributed by atoms with E-state index in [2.05, 4.69) is 6.92 Å². The summed E-state index contributed by atoms with van der Waals surface area (Å²) in [5, 5.41) is 1.15. The molecule has 0 bridgehead atoms. The molecular weight excluding hydrogens is 291 g/mol. The van der Waals surface area contributed by atoms with Gasteiger partial charge in [0.05, 0.1) is 17.0 Å². The molecule has 0 aromatic heterocycles. The zero-order valence-corrected chi connectivity index (χ0v) is 12.7. The maximum absolute atomic E-state index is 6.19. The van der Waals surface area contributed by atoms with Gasteiger partial charge in [0.2, 0.25) is 0 Å². The second-order valence-corrected chi connectivity index (χ2v) is 6.12. The van der Waals surface area contributed by atoms with Gasteiger partial charge in [-0.25, -0.2) is 0 Å². The summed E-state index contributed by atoms with van der Waals surface area (Å²) in [6.07, 6.45) is 4.85. The molecule has 2 rings (SSSR count). The van der Waals surface area contributed by atoms with Crippen LogP contribution in [0.4, 0.5) is 0 Å². The van der Waals surface area contributed by atoms with Crippen molar-refractivity contribution in [1.29, 1.82) is 0 Å². The highest BCUT2D eigenvalue weighted by atomic mass is 35.5. The fourth-order valence-corrected chi connectivity index (χ4v) is 3.14. The minimum Gasteiger partial charge on any atom is -0.489 e. The number of ether oxygens (including phenoxy) is 1. The van der Waals surface area contributed by atoms with E-state index < -0.39 is 0 Å². The molecule has 1 nitrogen and oxygen atoms in total. The van der Waals surface area contributed by atoms with Crippen molar-refractivity contribution in [2.45, 2.75) is 44.6 Å². The maximum atomic E-state index is 6.19. The molecule has 1 aromatic rings. The van der Waals surface area contributed by atoms with Crippen molar-refractivity contribution < 1.29 is 4.74 Å². The number of hydrogen-bond donors (Lipinski definition) is 0. The first-order chi connectivity index (χ1) is 8.60. The van der Waals surface area contributed by atoms with Crippen LogP contribution in [0.15, 0.2) is 12.1 Å². The topological polar surface area (TPSA) is 9.23 Å². The normalized spacial score (nSPS) is 24.0. The second kappa shape index (κ2) is 6.36. The Balaban J connectivity index is 2.13. The Labute approximate surface area is 123 Å². The molecule has 4 heteroatoms. The zero-order valence-electron chi connectivity index (χ0n) is 10.4. The van der Waals surface area contributed by atoms with Crippen LogP contribution < -0.4 is 4.74 Å². The van der Waals surface area contributed by atoms with Gasteiger partial charge in [-0.15, -0.1) is 11.6 Å². The molecule has 1 aliphatic rings. The Morgan fingerprint density at radius 1 is 1.17 bits per heavy atom. The van der Waals surface area contributed by atoms with E-state index in [1.807, 2.05) is 6.07 Å². The maximum Gasteiger partial charge on any atom is 0.142 e. The van der Waals surface area contributed by atoms with Gasteiger partial charge in [-0.3, -0.25) is 0 Å². The molecule has 18 heavy (non-hydrogen) atoms. The molecule has 0 saturated heterocycles. The molecule has 1 aromatic carbocycles. The predicted molar refractivity (Wildman–Crippen MR) is 78.1 cm³/mol. The first-order valence-corrected chi connectivity index (χ1v) is 7.59. The number of hydrogen-bond acceptors (Lipinski definition) is 1. The number of rotatable bonds is 3. The van der Waals surface area contributed by atoms with Crippen molar-refractivity contribution in [2.75, 3.05) is 0 Å². The van der Waals surface area contributed by atoms with Crippen LogP contribution in [-0.4, -0.2) is 6.10 Å². The summed E-state index contributed by atoms with van der Waals surface area (Å²) in [6.45, 7) is 2.29. The van der Waals surface area contributed by atoms with E-state index in [4.69, 9.17) is 39.5 Å². The summed E-state index contributed by atoms with van der Waals surface area (Å²) in [4.78, 5) is 0. The molecule has 1 fully saturated rings. The van der Waals surface area contributed by atoms with Gasteiger partial charge in [0.15, 0.2) is 0 Å². The number of halogens is 3. The SMILES string of the molecule is CC1CCC(Oc2c(Cl)cc(Cl)cc2CCl)CC1. The van der Waals surface area contributed by atoms with E-state index in [-0.39, 0.29) is 6.10 Å². The lowest BCUT2D eigenvalue weighted by Crippen LogP contribution is -2.23. The van der Waals surface area contributed by atoms with Crippen LogP contribution in [0.2, 0.25) is 10.0 Å². The van der Waals surface area contributed by atoms with Gasteiger partial charge in [-0.05, 0) is 43.7 Å². The van der Waals surface area contributed by atoms with Crippen LogP contribution in [-0.2, 0) is 5.88 Å². The average Bonchev–Trinajstić information content (AvgIpc) is 2.34. The van der Waals surface area contributed by atoms with Crippen molar-refractivity contribution >= 4 is 34.8 Å². The Morgan fingerprint density at radius 2 is 1.83 bits per heavy atom. The van der Waals surface area contributed by atoms with Crippen molar-refractivity contribution in [3.05, 3.63) is 27.7 Å². The van der Waals surface area contributed by atoms with E-state index in [1.54, 1.807) is 6.07 Å². The third-order valence-corrected chi connectivity index (χ3v) is 4.26. The van der Waals surface area contributed by atoms with Gasteiger partial charge < -0.3 is 4.74 Å². The highest BCUT2D eigenvalue weighted by molar-refractivity contribution is 6.36. The molecule has 100 valence electrons. The molecule has 1 aliphatic carbocycles. The molecular formula is C14H17Cl3O. The summed E-state index contributed by atoms with van der Waals surface area (Å²) in [7, 11) is 0. The smallest absolute Gasteiger partial charge is 0.142 e. The summed E-state index contributed by atoms with van der Waals surface area (Å²) >= 11 is 18.1. The number of alkyl halides is 1. The van der Waals surface area contributed by atoms with Gasteiger partial charge in [-0.2, -0.15) is 0 Å². The van der Waals surface area contributed by atoms with E-state index in [1.165, 1.54) is 12.8 Å². The Bertz CT molecular complexity index is 412. The molecule has 0 radical (unpaired) electrons. The van der Waals surface area contributed by atoms with E-state index in [0.29, 0.717) is 21.7 Å². The molecule has 0 amide bonds. The van der Waals surface area contributed by atoms with Gasteiger partial charge in [0.1, 0.15) is 5.75 Å². The highest BCUT2D eigenvalue weighted by Gasteiger charge is 2.21. The summed E-state index contributed by atoms with van der Waals surface area (Å²) < 4.78 is 6.04. The van der Waals surface area contributed by atoms with Crippen LogP contribution in [0.1, 0.15) is 38.2 Å². The van der Waals surface area contributed by atoms with Crippen LogP contribution in [0, 0.1) is 5.92 Å². The lowest BCUT2D eigenvalue weighted by molar-refractivity contribution is 0.134. The molecule has 0 aliphatic heterocycles. The second-order valence-electron chi connectivity index (χ2n) is 5.01. The molecule has 0 N–H and O–H groups in total. The van der Waals surface area contributed by atoms with Crippen LogP contribution in [0.3, 0.4) is 0 Å². The van der Waals surface area contributed by atoms with Crippen molar-refractivity contribution in [3.8, 4) is 5.75 Å². The van der Waals surface area contributed by atoms with Gasteiger partial charge >= 0.3 is 0 Å². The van der Waals surface area contributed by atoms with Gasteiger partial charge in [-0.1, -0.05) is 30.1 Å². The predicted octanol–water partition coefficient (Wildman–Crippen LogP) is 5.69. The third-order valence-electron chi connectivity index (χ3n) is 3.48. The average molecular weight is 308 g/mol. The number of benzene rings is 1. The first kappa shape index (κ1) is 14.3. The minimum absolute atomic E-state index is 0.252. The van der Waals surface area contributed by atoms with Crippen molar-refractivity contribution in [1.82, 2.24) is 0 Å². The molecule has 0 atom stereocenters. The lowest BCUT2D eigenvalue weighted by Gasteiger charge is -2.28. The van der Waals surface area contributed by atoms with Crippen LogP contribution in [0.25, 0.3) is 0 Å². The molecule has 0 heterocycles. The molecule has 0 unspecified atom stereocenters. The van der Waals surface area contributed by atoms with E-state index in [0.717, 1.165) is 24.3 Å². The van der Waals surface area contributed by atoms with Crippen molar-refractivity contribution in [2.24, 2.45) is 5.92 Å². The monoisotopic (exact) mass is 306 g/mol. The highest BCUT2D eigenvalue weighted by Crippen LogP contribution is 2.36. The van der Waals surface area contributed by atoms with Crippen LogP contribution in [0.5, 0.6) is 5.75 Å². The Hall–Kier alpha value is -0.110.